The van der Waals surface area contributed by atoms with Crippen molar-refractivity contribution < 1.29 is 19.4 Å². The molecule has 0 spiro atoms. The van der Waals surface area contributed by atoms with Crippen molar-refractivity contribution in [2.45, 2.75) is 19.1 Å². The average molecular weight is 383 g/mol. The van der Waals surface area contributed by atoms with Crippen molar-refractivity contribution in [3.8, 4) is 0 Å². The van der Waals surface area contributed by atoms with E-state index < -0.39 is 11.9 Å². The van der Waals surface area contributed by atoms with Gasteiger partial charge >= 0.3 is 5.97 Å². The van der Waals surface area contributed by atoms with E-state index in [4.69, 9.17) is 26.1 Å². The summed E-state index contributed by atoms with van der Waals surface area (Å²) >= 11 is 0. The second-order valence-electron chi connectivity index (χ2n) is 6.40. The van der Waals surface area contributed by atoms with E-state index in [1.54, 1.807) is 0 Å². The number of rotatable bonds is 5. The molecule has 1 saturated heterocycles. The molecule has 0 amide bonds. The van der Waals surface area contributed by atoms with Gasteiger partial charge in [-0.15, -0.1) is 0 Å². The zero-order chi connectivity index (χ0) is 20.5. The zero-order valence-electron chi connectivity index (χ0n) is 15.7. The highest BCUT2D eigenvalue weighted by molar-refractivity contribution is 5.82. The topological polar surface area (TPSA) is 119 Å². The number of esters is 1. The van der Waals surface area contributed by atoms with Crippen LogP contribution in [-0.4, -0.2) is 41.1 Å². The first-order valence-electron chi connectivity index (χ1n) is 8.83. The number of carboxylic acid groups (broad SMARTS) is 1. The van der Waals surface area contributed by atoms with Gasteiger partial charge in [-0.25, -0.2) is 4.79 Å². The Morgan fingerprint density at radius 1 is 1.04 bits per heavy atom. The van der Waals surface area contributed by atoms with Crippen molar-refractivity contribution >= 4 is 11.9 Å². The largest absolute Gasteiger partial charge is 0.481 e. The van der Waals surface area contributed by atoms with Gasteiger partial charge in [-0.1, -0.05) is 60.7 Å². The van der Waals surface area contributed by atoms with Crippen LogP contribution in [0.2, 0.25) is 0 Å². The SMILES string of the molecule is CC(=O)O.NC(N)=CC(=O)OC1CN(C(c2ccccc2)c2ccccc2)C1. The minimum Gasteiger partial charge on any atom is -0.481 e. The van der Waals surface area contributed by atoms with Crippen molar-refractivity contribution in [1.82, 2.24) is 4.90 Å². The number of nitrogens with two attached hydrogens (primary N) is 2. The van der Waals surface area contributed by atoms with Gasteiger partial charge in [0, 0.05) is 20.0 Å². The summed E-state index contributed by atoms with van der Waals surface area (Å²) in [7, 11) is 0. The highest BCUT2D eigenvalue weighted by atomic mass is 16.5. The third-order valence-corrected chi connectivity index (χ3v) is 4.04. The highest BCUT2D eigenvalue weighted by Gasteiger charge is 2.36. The zero-order valence-corrected chi connectivity index (χ0v) is 15.7. The summed E-state index contributed by atoms with van der Waals surface area (Å²) in [5.41, 5.74) is 13.0. The highest BCUT2D eigenvalue weighted by Crippen LogP contribution is 2.32. The van der Waals surface area contributed by atoms with Gasteiger partial charge in [0.05, 0.1) is 12.1 Å². The lowest BCUT2D eigenvalue weighted by Crippen LogP contribution is -2.54. The van der Waals surface area contributed by atoms with E-state index in [9.17, 15) is 4.79 Å². The number of likely N-dealkylation sites (tertiary alicyclic amines) is 1. The number of hydrogen-bond donors (Lipinski definition) is 3. The van der Waals surface area contributed by atoms with Crippen LogP contribution >= 0.6 is 0 Å². The number of aliphatic carboxylic acids is 1. The number of benzene rings is 2. The summed E-state index contributed by atoms with van der Waals surface area (Å²) in [6, 6.07) is 20.8. The van der Waals surface area contributed by atoms with E-state index in [1.807, 2.05) is 36.4 Å². The molecule has 3 rings (SSSR count). The first-order chi connectivity index (χ1) is 13.4. The van der Waals surface area contributed by atoms with Crippen molar-refractivity contribution in [3.63, 3.8) is 0 Å². The molecule has 148 valence electrons. The summed E-state index contributed by atoms with van der Waals surface area (Å²) < 4.78 is 5.33. The molecule has 0 aliphatic carbocycles. The molecular weight excluding hydrogens is 358 g/mol. The number of carbonyl (C=O) groups excluding carboxylic acids is 1. The Morgan fingerprint density at radius 3 is 1.86 bits per heavy atom. The molecule has 1 fully saturated rings. The summed E-state index contributed by atoms with van der Waals surface area (Å²) in [5.74, 6) is -1.36. The Hall–Kier alpha value is -3.32. The maximum Gasteiger partial charge on any atom is 0.334 e. The van der Waals surface area contributed by atoms with Gasteiger partial charge in [-0.3, -0.25) is 9.69 Å². The molecule has 2 aromatic rings. The van der Waals surface area contributed by atoms with Crippen molar-refractivity contribution in [3.05, 3.63) is 83.7 Å². The van der Waals surface area contributed by atoms with Crippen molar-refractivity contribution in [1.29, 1.82) is 0 Å². The van der Waals surface area contributed by atoms with Crippen LogP contribution in [-0.2, 0) is 14.3 Å². The number of carboxylic acids is 1. The van der Waals surface area contributed by atoms with Crippen molar-refractivity contribution in [2.24, 2.45) is 11.5 Å². The maximum atomic E-state index is 11.6. The monoisotopic (exact) mass is 383 g/mol. The molecule has 0 bridgehead atoms. The van der Waals surface area contributed by atoms with Gasteiger partial charge in [-0.05, 0) is 11.1 Å². The van der Waals surface area contributed by atoms with Crippen LogP contribution in [0.25, 0.3) is 0 Å². The van der Waals surface area contributed by atoms with Crippen LogP contribution in [0.3, 0.4) is 0 Å². The molecule has 2 aromatic carbocycles. The van der Waals surface area contributed by atoms with Gasteiger partial charge in [0.1, 0.15) is 11.9 Å². The van der Waals surface area contributed by atoms with Gasteiger partial charge < -0.3 is 21.3 Å². The normalized spacial score (nSPS) is 13.6. The minimum absolute atomic E-state index is 0.0392. The van der Waals surface area contributed by atoms with Crippen LogP contribution in [0.4, 0.5) is 0 Å². The van der Waals surface area contributed by atoms with Crippen LogP contribution in [0.1, 0.15) is 24.1 Å². The number of nitrogens with zero attached hydrogens (tertiary/aromatic N) is 1. The lowest BCUT2D eigenvalue weighted by molar-refractivity contribution is -0.152. The quantitative estimate of drug-likeness (QED) is 0.532. The third-order valence-electron chi connectivity index (χ3n) is 4.04. The van der Waals surface area contributed by atoms with E-state index >= 15 is 0 Å². The minimum atomic E-state index is -0.833. The molecule has 7 nitrogen and oxygen atoms in total. The van der Waals surface area contributed by atoms with Crippen LogP contribution in [0, 0.1) is 0 Å². The van der Waals surface area contributed by atoms with E-state index in [0.717, 1.165) is 13.0 Å². The summed E-state index contributed by atoms with van der Waals surface area (Å²) in [6.07, 6.45) is 0.970. The lowest BCUT2D eigenvalue weighted by Gasteiger charge is -2.43. The van der Waals surface area contributed by atoms with Gasteiger partial charge in [-0.2, -0.15) is 0 Å². The predicted molar refractivity (Wildman–Crippen MR) is 106 cm³/mol. The maximum absolute atomic E-state index is 11.6. The molecule has 0 unspecified atom stereocenters. The Labute approximate surface area is 164 Å². The second-order valence-corrected chi connectivity index (χ2v) is 6.40. The third kappa shape index (κ3) is 6.44. The fraction of sp³-hybridized carbons (Fsp3) is 0.238. The van der Waals surface area contributed by atoms with Crippen LogP contribution < -0.4 is 11.5 Å². The first kappa shape index (κ1) is 21.0. The molecule has 1 aliphatic rings. The van der Waals surface area contributed by atoms with E-state index in [0.29, 0.717) is 13.1 Å². The first-order valence-corrected chi connectivity index (χ1v) is 8.83. The van der Waals surface area contributed by atoms with E-state index in [1.165, 1.54) is 11.1 Å². The lowest BCUT2D eigenvalue weighted by atomic mass is 9.94. The van der Waals surface area contributed by atoms with Gasteiger partial charge in [0.15, 0.2) is 0 Å². The summed E-state index contributed by atoms with van der Waals surface area (Å²) in [6.45, 7) is 2.44. The van der Waals surface area contributed by atoms with Gasteiger partial charge in [0.2, 0.25) is 0 Å². The Balaban J connectivity index is 0.000000640. The fourth-order valence-electron chi connectivity index (χ4n) is 2.97. The molecule has 28 heavy (non-hydrogen) atoms. The van der Waals surface area contributed by atoms with E-state index in [-0.39, 0.29) is 18.0 Å². The standard InChI is InChI=1S/C19H21N3O2.C2H4O2/c20-17(21)11-18(23)24-16-12-22(13-16)19(14-7-3-1-4-8-14)15-9-5-2-6-10-15;1-2(3)4/h1-11,16,19H,12-13,20-21H2;1H3,(H,3,4). The second kappa shape index (κ2) is 10.1. The molecule has 5 N–H and O–H groups in total. The molecular formula is C21H25N3O4. The van der Waals surface area contributed by atoms with Crippen LogP contribution in [0.15, 0.2) is 72.6 Å². The van der Waals surface area contributed by atoms with Gasteiger partial charge in [0.25, 0.3) is 5.97 Å². The molecule has 1 heterocycles. The molecule has 0 saturated carbocycles. The average Bonchev–Trinajstić information content (AvgIpc) is 2.60. The number of ether oxygens (including phenoxy) is 1. The Bertz CT molecular complexity index is 755. The summed E-state index contributed by atoms with van der Waals surface area (Å²) in [5, 5.41) is 7.42. The van der Waals surface area contributed by atoms with Crippen LogP contribution in [0.5, 0.6) is 0 Å². The smallest absolute Gasteiger partial charge is 0.334 e. The molecule has 0 aromatic heterocycles. The molecule has 1 aliphatic heterocycles. The summed E-state index contributed by atoms with van der Waals surface area (Å²) in [4.78, 5) is 22.9. The van der Waals surface area contributed by atoms with E-state index in [2.05, 4.69) is 29.2 Å². The molecule has 7 heteroatoms. The molecule has 0 radical (unpaired) electrons. The number of hydrogen-bond acceptors (Lipinski definition) is 6. The predicted octanol–water partition coefficient (Wildman–Crippen LogP) is 1.85. The molecule has 0 atom stereocenters. The number of carbonyl (C=O) groups is 2. The Kier molecular flexibility index (Phi) is 7.59. The fourth-order valence-corrected chi connectivity index (χ4v) is 2.97. The van der Waals surface area contributed by atoms with Crippen molar-refractivity contribution in [2.75, 3.05) is 13.1 Å². The Morgan fingerprint density at radius 2 is 1.46 bits per heavy atom.